The van der Waals surface area contributed by atoms with E-state index >= 15 is 0 Å². The van der Waals surface area contributed by atoms with E-state index in [4.69, 9.17) is 0 Å². The third-order valence-corrected chi connectivity index (χ3v) is 5.28. The number of alkyl halides is 3. The van der Waals surface area contributed by atoms with E-state index in [1.807, 2.05) is 0 Å². The fourth-order valence-corrected chi connectivity index (χ4v) is 3.73. The molecule has 166 valence electrons. The Hall–Kier alpha value is -3.25. The van der Waals surface area contributed by atoms with Gasteiger partial charge in [-0.15, -0.1) is 5.10 Å². The molecule has 1 atom stereocenters. The van der Waals surface area contributed by atoms with Crippen molar-refractivity contribution in [3.63, 3.8) is 0 Å². The van der Waals surface area contributed by atoms with E-state index in [1.165, 1.54) is 35.1 Å². The quantitative estimate of drug-likeness (QED) is 0.470. The number of fused-ring (bicyclic) bond motifs is 1. The summed E-state index contributed by atoms with van der Waals surface area (Å²) in [5.41, 5.74) is 1.11. The molecular weight excluding hydrogens is 431 g/mol. The van der Waals surface area contributed by atoms with Gasteiger partial charge in [0.05, 0.1) is 11.9 Å². The lowest BCUT2D eigenvalue weighted by Crippen LogP contribution is -2.42. The molecular formula is C20H17BF4N4O3. The van der Waals surface area contributed by atoms with Crippen LogP contribution >= 0.6 is 0 Å². The number of carbonyl (C=O) groups is 1. The molecule has 2 aromatic carbocycles. The highest BCUT2D eigenvalue weighted by atomic mass is 19.4. The number of hydrogen-bond acceptors (Lipinski definition) is 5. The molecule has 2 heterocycles. The van der Waals surface area contributed by atoms with Crippen molar-refractivity contribution in [3.05, 3.63) is 60.0 Å². The average Bonchev–Trinajstić information content (AvgIpc) is 3.17. The fraction of sp³-hybridized carbons (Fsp3) is 0.250. The molecule has 1 aromatic heterocycles. The smallest absolute Gasteiger partial charge is 0.423 e. The number of nitrogens with zero attached hydrogens (tertiary/aromatic N) is 4. The van der Waals surface area contributed by atoms with E-state index in [0.29, 0.717) is 16.2 Å². The molecule has 4 rings (SSSR count). The summed E-state index contributed by atoms with van der Waals surface area (Å²) in [5, 5.41) is 26.3. The molecule has 0 fully saturated rings. The highest BCUT2D eigenvalue weighted by molar-refractivity contribution is 6.58. The summed E-state index contributed by atoms with van der Waals surface area (Å²) in [6, 6.07) is 8.69. The fourth-order valence-electron chi connectivity index (χ4n) is 3.73. The summed E-state index contributed by atoms with van der Waals surface area (Å²) in [7, 11) is -1.63. The van der Waals surface area contributed by atoms with Gasteiger partial charge in [-0.2, -0.15) is 13.2 Å². The standard InChI is InChI=1S/C20H17BF4N4O3/c22-15-2-1-3-17-14(15)8-9-18(19(30)28(17)11-20(23,24)25)29-10-16(26-27-29)12-4-6-13(7-5-12)21(31)32/h1-7,10,18,31-32H,8-9,11H2. The average molecular weight is 448 g/mol. The molecule has 1 aliphatic heterocycles. The third-order valence-electron chi connectivity index (χ3n) is 5.28. The van der Waals surface area contributed by atoms with E-state index in [1.54, 1.807) is 12.1 Å². The number of halogens is 4. The normalized spacial score (nSPS) is 16.6. The molecule has 12 heteroatoms. The van der Waals surface area contributed by atoms with Gasteiger partial charge in [-0.3, -0.25) is 4.79 Å². The van der Waals surface area contributed by atoms with Crippen LogP contribution < -0.4 is 10.4 Å². The third kappa shape index (κ3) is 4.37. The monoisotopic (exact) mass is 448 g/mol. The van der Waals surface area contributed by atoms with Crippen molar-refractivity contribution in [2.45, 2.75) is 25.1 Å². The van der Waals surface area contributed by atoms with E-state index in [2.05, 4.69) is 10.3 Å². The second-order valence-electron chi connectivity index (χ2n) is 7.41. The Morgan fingerprint density at radius 2 is 1.84 bits per heavy atom. The lowest BCUT2D eigenvalue weighted by molar-refractivity contribution is -0.134. The van der Waals surface area contributed by atoms with Crippen molar-refractivity contribution in [2.24, 2.45) is 0 Å². The van der Waals surface area contributed by atoms with Gasteiger partial charge in [0.25, 0.3) is 5.91 Å². The number of amides is 1. The van der Waals surface area contributed by atoms with Gasteiger partial charge < -0.3 is 14.9 Å². The number of anilines is 1. The highest BCUT2D eigenvalue weighted by Gasteiger charge is 2.40. The van der Waals surface area contributed by atoms with Crippen molar-refractivity contribution < 1.29 is 32.4 Å². The van der Waals surface area contributed by atoms with E-state index < -0.39 is 37.6 Å². The van der Waals surface area contributed by atoms with Crippen LogP contribution in [0.4, 0.5) is 23.2 Å². The SMILES string of the molecule is O=C1C(n2cc(-c3ccc(B(O)O)cc3)nn2)CCc2c(F)cccc2N1CC(F)(F)F. The molecule has 2 N–H and O–H groups in total. The second-order valence-corrected chi connectivity index (χ2v) is 7.41. The molecule has 3 aromatic rings. The van der Waals surface area contributed by atoms with Gasteiger partial charge in [-0.1, -0.05) is 35.5 Å². The predicted octanol–water partition coefficient (Wildman–Crippen LogP) is 1.85. The van der Waals surface area contributed by atoms with Crippen molar-refractivity contribution in [1.29, 1.82) is 0 Å². The minimum Gasteiger partial charge on any atom is -0.423 e. The molecule has 1 amide bonds. The number of aromatic nitrogens is 3. The van der Waals surface area contributed by atoms with E-state index in [0.717, 1.165) is 6.07 Å². The van der Waals surface area contributed by atoms with Crippen molar-refractivity contribution in [1.82, 2.24) is 15.0 Å². The Morgan fingerprint density at radius 3 is 2.50 bits per heavy atom. The zero-order valence-electron chi connectivity index (χ0n) is 16.5. The number of benzene rings is 2. The van der Waals surface area contributed by atoms with Gasteiger partial charge in [-0.25, -0.2) is 9.07 Å². The van der Waals surface area contributed by atoms with Gasteiger partial charge >= 0.3 is 13.3 Å². The lowest BCUT2D eigenvalue weighted by atomic mass is 9.80. The molecule has 0 aliphatic carbocycles. The minimum atomic E-state index is -4.68. The summed E-state index contributed by atoms with van der Waals surface area (Å²) in [4.78, 5) is 13.7. The summed E-state index contributed by atoms with van der Waals surface area (Å²) in [5.74, 6) is -1.53. The maximum Gasteiger partial charge on any atom is 0.488 e. The Morgan fingerprint density at radius 1 is 1.12 bits per heavy atom. The van der Waals surface area contributed by atoms with E-state index in [-0.39, 0.29) is 29.6 Å². The summed E-state index contributed by atoms with van der Waals surface area (Å²) < 4.78 is 55.2. The molecule has 7 nitrogen and oxygen atoms in total. The number of rotatable bonds is 4. The molecule has 32 heavy (non-hydrogen) atoms. The van der Waals surface area contributed by atoms with Crippen LogP contribution in [0.25, 0.3) is 11.3 Å². The highest BCUT2D eigenvalue weighted by Crippen LogP contribution is 2.35. The number of carbonyl (C=O) groups excluding carboxylic acids is 1. The van der Waals surface area contributed by atoms with Crippen LogP contribution in [0.15, 0.2) is 48.7 Å². The zero-order chi connectivity index (χ0) is 23.0. The molecule has 0 saturated heterocycles. The van der Waals surface area contributed by atoms with E-state index in [9.17, 15) is 32.4 Å². The summed E-state index contributed by atoms with van der Waals surface area (Å²) >= 11 is 0. The van der Waals surface area contributed by atoms with Crippen LogP contribution in [0.3, 0.4) is 0 Å². The molecule has 1 aliphatic rings. The van der Waals surface area contributed by atoms with Crippen molar-refractivity contribution in [3.8, 4) is 11.3 Å². The zero-order valence-corrected chi connectivity index (χ0v) is 16.5. The van der Waals surface area contributed by atoms with Gasteiger partial charge in [0, 0.05) is 11.1 Å². The Bertz CT molecular complexity index is 1130. The molecule has 0 spiro atoms. The lowest BCUT2D eigenvalue weighted by Gasteiger charge is -2.26. The molecule has 0 bridgehead atoms. The van der Waals surface area contributed by atoms with Gasteiger partial charge in [-0.05, 0) is 30.4 Å². The first-order valence-electron chi connectivity index (χ1n) is 9.68. The first kappa shape index (κ1) is 22.0. The van der Waals surface area contributed by atoms with Gasteiger partial charge in [0.1, 0.15) is 24.1 Å². The van der Waals surface area contributed by atoms with Gasteiger partial charge in [0.2, 0.25) is 0 Å². The Kier molecular flexibility index (Phi) is 5.74. The maximum atomic E-state index is 14.3. The van der Waals surface area contributed by atoms with Crippen LogP contribution in [-0.4, -0.2) is 50.8 Å². The Labute approximate surface area is 180 Å². The minimum absolute atomic E-state index is 0.0412. The maximum absolute atomic E-state index is 14.3. The first-order valence-corrected chi connectivity index (χ1v) is 9.68. The second kappa shape index (κ2) is 8.36. The first-order chi connectivity index (χ1) is 15.1. The van der Waals surface area contributed by atoms with Crippen LogP contribution in [0.5, 0.6) is 0 Å². The molecule has 0 saturated carbocycles. The number of hydrogen-bond donors (Lipinski definition) is 2. The Balaban J connectivity index is 1.67. The van der Waals surface area contributed by atoms with Gasteiger partial charge in [0.15, 0.2) is 0 Å². The summed E-state index contributed by atoms with van der Waals surface area (Å²) in [6.45, 7) is -1.55. The van der Waals surface area contributed by atoms with Crippen molar-refractivity contribution >= 4 is 24.2 Å². The molecule has 1 unspecified atom stereocenters. The van der Waals surface area contributed by atoms with Crippen molar-refractivity contribution in [2.75, 3.05) is 11.4 Å². The molecule has 0 radical (unpaired) electrons. The predicted molar refractivity (Wildman–Crippen MR) is 107 cm³/mol. The van der Waals surface area contributed by atoms with Crippen LogP contribution in [0.2, 0.25) is 0 Å². The summed E-state index contributed by atoms with van der Waals surface area (Å²) in [6.07, 6.45) is -3.17. The largest absolute Gasteiger partial charge is 0.488 e. The van der Waals surface area contributed by atoms with Crippen LogP contribution in [0.1, 0.15) is 18.0 Å². The van der Waals surface area contributed by atoms with Crippen LogP contribution in [-0.2, 0) is 11.2 Å². The van der Waals surface area contributed by atoms with Crippen LogP contribution in [0, 0.1) is 5.82 Å². The topological polar surface area (TPSA) is 91.5 Å².